The number of hydrogen-bond acceptors (Lipinski definition) is 2. The minimum Gasteiger partial charge on any atom is -0.477 e. The third-order valence-corrected chi connectivity index (χ3v) is 1.41. The van der Waals surface area contributed by atoms with Crippen LogP contribution in [0.4, 0.5) is 0 Å². The van der Waals surface area contributed by atoms with Gasteiger partial charge in [-0.15, -0.1) is 0 Å². The zero-order valence-electron chi connectivity index (χ0n) is 5.92. The van der Waals surface area contributed by atoms with Crippen LogP contribution in [0.25, 0.3) is 0 Å². The quantitative estimate of drug-likeness (QED) is 0.618. The Kier molecular flexibility index (Phi) is 1.76. The van der Waals surface area contributed by atoms with Gasteiger partial charge in [0, 0.05) is 11.3 Å². The second-order valence-electron chi connectivity index (χ2n) is 2.19. The highest BCUT2D eigenvalue weighted by Crippen LogP contribution is 2.06. The van der Waals surface area contributed by atoms with Gasteiger partial charge in [0.15, 0.2) is 6.29 Å². The third kappa shape index (κ3) is 1.29. The van der Waals surface area contributed by atoms with Crippen molar-refractivity contribution in [2.24, 2.45) is 0 Å². The van der Waals surface area contributed by atoms with E-state index >= 15 is 0 Å². The van der Waals surface area contributed by atoms with E-state index in [4.69, 9.17) is 5.11 Å². The second kappa shape index (κ2) is 2.57. The molecule has 0 bridgehead atoms. The number of carboxylic acids is 1. The highest BCUT2D eigenvalue weighted by molar-refractivity contribution is 5.89. The first-order valence-corrected chi connectivity index (χ1v) is 3.03. The van der Waals surface area contributed by atoms with E-state index in [0.717, 1.165) is 0 Å². The topological polar surface area (TPSA) is 70.2 Å². The van der Waals surface area contributed by atoms with E-state index in [1.54, 1.807) is 6.92 Å². The summed E-state index contributed by atoms with van der Waals surface area (Å²) in [5, 5.41) is 8.47. The molecule has 2 N–H and O–H groups in total. The van der Waals surface area contributed by atoms with Crippen LogP contribution in [0.15, 0.2) is 6.07 Å². The minimum absolute atomic E-state index is 0.0459. The van der Waals surface area contributed by atoms with Crippen LogP contribution in [0.1, 0.15) is 26.5 Å². The van der Waals surface area contributed by atoms with Crippen molar-refractivity contribution in [3.63, 3.8) is 0 Å². The first-order valence-electron chi connectivity index (χ1n) is 3.03. The first-order chi connectivity index (χ1) is 5.15. The molecule has 0 atom stereocenters. The molecule has 0 amide bonds. The fourth-order valence-electron chi connectivity index (χ4n) is 0.812. The van der Waals surface area contributed by atoms with Gasteiger partial charge in [0.05, 0.1) is 0 Å². The van der Waals surface area contributed by atoms with Gasteiger partial charge in [-0.1, -0.05) is 0 Å². The molecule has 0 saturated heterocycles. The summed E-state index contributed by atoms with van der Waals surface area (Å²) in [5.41, 5.74) is 1.02. The highest BCUT2D eigenvalue weighted by Gasteiger charge is 2.08. The van der Waals surface area contributed by atoms with Gasteiger partial charge in [-0.2, -0.15) is 0 Å². The van der Waals surface area contributed by atoms with E-state index < -0.39 is 5.97 Å². The lowest BCUT2D eigenvalue weighted by Crippen LogP contribution is -1.95. The van der Waals surface area contributed by atoms with Gasteiger partial charge in [0.1, 0.15) is 5.69 Å². The molecular weight excluding hydrogens is 146 g/mol. The zero-order valence-corrected chi connectivity index (χ0v) is 5.92. The highest BCUT2D eigenvalue weighted by atomic mass is 16.4. The predicted octanol–water partition coefficient (Wildman–Crippen LogP) is 0.834. The van der Waals surface area contributed by atoms with Crippen molar-refractivity contribution in [3.8, 4) is 0 Å². The number of aldehydes is 1. The summed E-state index contributed by atoms with van der Waals surface area (Å²) in [6.07, 6.45) is 0.623. The average Bonchev–Trinajstić information content (AvgIpc) is 2.31. The number of aromatic amines is 1. The second-order valence-corrected chi connectivity index (χ2v) is 2.19. The predicted molar refractivity (Wildman–Crippen MR) is 37.9 cm³/mol. The maximum Gasteiger partial charge on any atom is 0.352 e. The lowest BCUT2D eigenvalue weighted by atomic mass is 10.3. The number of rotatable bonds is 2. The molecule has 0 radical (unpaired) electrons. The molecule has 0 saturated carbocycles. The number of carbonyl (C=O) groups excluding carboxylic acids is 1. The first kappa shape index (κ1) is 7.53. The third-order valence-electron chi connectivity index (χ3n) is 1.41. The molecule has 11 heavy (non-hydrogen) atoms. The fourth-order valence-corrected chi connectivity index (χ4v) is 0.812. The SMILES string of the molecule is Cc1[nH]c(C(=O)O)cc1C=O. The monoisotopic (exact) mass is 153 g/mol. The summed E-state index contributed by atoms with van der Waals surface area (Å²) in [4.78, 5) is 23.1. The number of carbonyl (C=O) groups is 2. The van der Waals surface area contributed by atoms with Gasteiger partial charge in [-0.05, 0) is 13.0 Å². The van der Waals surface area contributed by atoms with Crippen LogP contribution < -0.4 is 0 Å². The van der Waals surface area contributed by atoms with E-state index in [0.29, 0.717) is 17.5 Å². The summed E-state index contributed by atoms with van der Waals surface area (Å²) in [7, 11) is 0. The molecule has 0 unspecified atom stereocenters. The van der Waals surface area contributed by atoms with Crippen molar-refractivity contribution in [1.82, 2.24) is 4.98 Å². The maximum absolute atomic E-state index is 10.3. The lowest BCUT2D eigenvalue weighted by Gasteiger charge is -1.83. The summed E-state index contributed by atoms with van der Waals surface area (Å²) < 4.78 is 0. The Morgan fingerprint density at radius 2 is 2.36 bits per heavy atom. The number of H-pyrrole nitrogens is 1. The van der Waals surface area contributed by atoms with E-state index in [1.165, 1.54) is 6.07 Å². The fraction of sp³-hybridized carbons (Fsp3) is 0.143. The van der Waals surface area contributed by atoms with E-state index in [2.05, 4.69) is 4.98 Å². The van der Waals surface area contributed by atoms with Crippen LogP contribution in [0.5, 0.6) is 0 Å². The van der Waals surface area contributed by atoms with Gasteiger partial charge in [0.25, 0.3) is 0 Å². The molecule has 0 aromatic carbocycles. The minimum atomic E-state index is -1.05. The van der Waals surface area contributed by atoms with E-state index in [-0.39, 0.29) is 5.69 Å². The molecule has 1 heterocycles. The van der Waals surface area contributed by atoms with Crippen LogP contribution in [-0.4, -0.2) is 22.3 Å². The molecule has 58 valence electrons. The van der Waals surface area contributed by atoms with Crippen molar-refractivity contribution < 1.29 is 14.7 Å². The Balaban J connectivity index is 3.14. The largest absolute Gasteiger partial charge is 0.477 e. The van der Waals surface area contributed by atoms with E-state index in [1.807, 2.05) is 0 Å². The van der Waals surface area contributed by atoms with Crippen LogP contribution in [-0.2, 0) is 0 Å². The van der Waals surface area contributed by atoms with Crippen molar-refractivity contribution >= 4 is 12.3 Å². The van der Waals surface area contributed by atoms with Gasteiger partial charge in [-0.25, -0.2) is 4.79 Å². The van der Waals surface area contributed by atoms with Crippen molar-refractivity contribution in [2.75, 3.05) is 0 Å². The number of aryl methyl sites for hydroxylation is 1. The molecule has 0 fully saturated rings. The standard InChI is InChI=1S/C7H7NO3/c1-4-5(3-9)2-6(8-4)7(10)11/h2-3,8H,1H3,(H,10,11). The molecular formula is C7H7NO3. The average molecular weight is 153 g/mol. The van der Waals surface area contributed by atoms with Crippen LogP contribution >= 0.6 is 0 Å². The molecule has 4 heteroatoms. The Morgan fingerprint density at radius 3 is 2.64 bits per heavy atom. The van der Waals surface area contributed by atoms with Crippen LogP contribution in [0.2, 0.25) is 0 Å². The Hall–Kier alpha value is -1.58. The Bertz CT molecular complexity index is 301. The molecule has 0 aliphatic heterocycles. The van der Waals surface area contributed by atoms with Crippen LogP contribution in [0, 0.1) is 6.92 Å². The van der Waals surface area contributed by atoms with Gasteiger partial charge in [0.2, 0.25) is 0 Å². The number of carboxylic acid groups (broad SMARTS) is 1. The lowest BCUT2D eigenvalue weighted by molar-refractivity contribution is 0.0691. The number of aromatic carboxylic acids is 1. The summed E-state index contributed by atoms with van der Waals surface area (Å²) in [6.45, 7) is 1.65. The van der Waals surface area contributed by atoms with E-state index in [9.17, 15) is 9.59 Å². The van der Waals surface area contributed by atoms with Gasteiger partial charge < -0.3 is 10.1 Å². The summed E-state index contributed by atoms with van der Waals surface area (Å²) >= 11 is 0. The van der Waals surface area contributed by atoms with Gasteiger partial charge >= 0.3 is 5.97 Å². The molecule has 0 aliphatic rings. The van der Waals surface area contributed by atoms with Crippen molar-refractivity contribution in [3.05, 3.63) is 23.0 Å². The summed E-state index contributed by atoms with van der Waals surface area (Å²) in [6, 6.07) is 1.31. The summed E-state index contributed by atoms with van der Waals surface area (Å²) in [5.74, 6) is -1.05. The van der Waals surface area contributed by atoms with Crippen molar-refractivity contribution in [2.45, 2.75) is 6.92 Å². The van der Waals surface area contributed by atoms with Crippen LogP contribution in [0.3, 0.4) is 0 Å². The smallest absolute Gasteiger partial charge is 0.352 e. The Morgan fingerprint density at radius 1 is 1.73 bits per heavy atom. The molecule has 4 nitrogen and oxygen atoms in total. The molecule has 0 spiro atoms. The zero-order chi connectivity index (χ0) is 8.43. The maximum atomic E-state index is 10.3. The van der Waals surface area contributed by atoms with Gasteiger partial charge in [-0.3, -0.25) is 4.79 Å². The number of nitrogens with one attached hydrogen (secondary N) is 1. The molecule has 1 aromatic heterocycles. The Labute approximate surface area is 62.9 Å². The van der Waals surface area contributed by atoms with Crippen molar-refractivity contribution in [1.29, 1.82) is 0 Å². The number of aromatic nitrogens is 1. The number of hydrogen-bond donors (Lipinski definition) is 2. The molecule has 1 aromatic rings. The molecule has 1 rings (SSSR count). The molecule has 0 aliphatic carbocycles. The normalized spacial score (nSPS) is 9.55.